The number of nitrogens with one attached hydrogen (secondary N) is 2. The molecule has 2 N–H and O–H groups in total. The summed E-state index contributed by atoms with van der Waals surface area (Å²) in [5, 5.41) is 13.3. The predicted molar refractivity (Wildman–Crippen MR) is 63.3 cm³/mol. The van der Waals surface area contributed by atoms with E-state index in [9.17, 15) is 13.2 Å². The maximum atomic E-state index is 12.5. The van der Waals surface area contributed by atoms with Crippen LogP contribution in [0.5, 0.6) is 0 Å². The minimum Gasteiger partial charge on any atom is -0.305 e. The number of benzene rings is 1. The Labute approximate surface area is 108 Å². The Morgan fingerprint density at radius 2 is 1.95 bits per heavy atom. The van der Waals surface area contributed by atoms with Gasteiger partial charge in [0.05, 0.1) is 17.8 Å². The smallest absolute Gasteiger partial charge is 0.305 e. The first-order valence-corrected chi connectivity index (χ1v) is 5.78. The standard InChI is InChI=1S/C12H13F3N4/c1-2-16-11(10-7-17-19-18-10)8-3-5-9(6-4-8)12(13,14)15/h3-7,11,16H,2H2,1H3,(H,17,18,19). The number of hydrogen-bond donors (Lipinski definition) is 2. The summed E-state index contributed by atoms with van der Waals surface area (Å²) in [6.45, 7) is 2.58. The van der Waals surface area contributed by atoms with Gasteiger partial charge in [0, 0.05) is 0 Å². The fourth-order valence-electron chi connectivity index (χ4n) is 1.81. The van der Waals surface area contributed by atoms with Crippen molar-refractivity contribution >= 4 is 0 Å². The van der Waals surface area contributed by atoms with Crippen LogP contribution in [0.25, 0.3) is 0 Å². The van der Waals surface area contributed by atoms with E-state index in [1.54, 1.807) is 6.20 Å². The summed E-state index contributed by atoms with van der Waals surface area (Å²) in [5.74, 6) is 0. The van der Waals surface area contributed by atoms with E-state index in [0.29, 0.717) is 17.8 Å². The molecule has 2 rings (SSSR count). The molecule has 0 aliphatic carbocycles. The molecule has 0 radical (unpaired) electrons. The number of aromatic nitrogens is 3. The molecule has 1 atom stereocenters. The highest BCUT2D eigenvalue weighted by atomic mass is 19.4. The molecule has 1 heterocycles. The molecule has 0 aliphatic heterocycles. The summed E-state index contributed by atoms with van der Waals surface area (Å²) < 4.78 is 37.5. The molecule has 4 nitrogen and oxygen atoms in total. The highest BCUT2D eigenvalue weighted by molar-refractivity contribution is 5.30. The van der Waals surface area contributed by atoms with Crippen LogP contribution in [0.1, 0.15) is 29.8 Å². The first-order chi connectivity index (χ1) is 9.02. The third-order valence-corrected chi connectivity index (χ3v) is 2.71. The Hall–Kier alpha value is -1.89. The van der Waals surface area contributed by atoms with E-state index in [4.69, 9.17) is 0 Å². The van der Waals surface area contributed by atoms with Crippen LogP contribution in [0.2, 0.25) is 0 Å². The Morgan fingerprint density at radius 1 is 1.26 bits per heavy atom. The lowest BCUT2D eigenvalue weighted by Gasteiger charge is -2.16. The van der Waals surface area contributed by atoms with E-state index in [1.165, 1.54) is 12.1 Å². The zero-order valence-corrected chi connectivity index (χ0v) is 10.2. The minimum atomic E-state index is -4.32. The Balaban J connectivity index is 2.28. The van der Waals surface area contributed by atoms with Crippen LogP contribution in [0.15, 0.2) is 30.5 Å². The summed E-state index contributed by atoms with van der Waals surface area (Å²) in [4.78, 5) is 0. The van der Waals surface area contributed by atoms with Gasteiger partial charge >= 0.3 is 6.18 Å². The molecule has 1 unspecified atom stereocenters. The van der Waals surface area contributed by atoms with E-state index in [1.807, 2.05) is 6.92 Å². The Kier molecular flexibility index (Phi) is 3.84. The molecule has 1 aromatic heterocycles. The molecular formula is C12H13F3N4. The SMILES string of the molecule is CCNC(c1ccc(C(F)(F)F)cc1)c1cn[nH]n1. The number of nitrogens with zero attached hydrogens (tertiary/aromatic N) is 2. The molecule has 0 spiro atoms. The van der Waals surface area contributed by atoms with Gasteiger partial charge in [-0.3, -0.25) is 0 Å². The molecule has 0 saturated carbocycles. The number of H-pyrrole nitrogens is 1. The van der Waals surface area contributed by atoms with Crippen molar-refractivity contribution in [3.8, 4) is 0 Å². The van der Waals surface area contributed by atoms with Gasteiger partial charge in [-0.25, -0.2) is 0 Å². The van der Waals surface area contributed by atoms with Crippen molar-refractivity contribution in [3.63, 3.8) is 0 Å². The van der Waals surface area contributed by atoms with Crippen molar-refractivity contribution in [1.82, 2.24) is 20.7 Å². The van der Waals surface area contributed by atoms with Crippen molar-refractivity contribution in [1.29, 1.82) is 0 Å². The second-order valence-corrected chi connectivity index (χ2v) is 4.01. The monoisotopic (exact) mass is 270 g/mol. The molecule has 102 valence electrons. The quantitative estimate of drug-likeness (QED) is 0.897. The fourth-order valence-corrected chi connectivity index (χ4v) is 1.81. The van der Waals surface area contributed by atoms with E-state index in [0.717, 1.165) is 12.1 Å². The van der Waals surface area contributed by atoms with Gasteiger partial charge in [-0.15, -0.1) is 0 Å². The van der Waals surface area contributed by atoms with Crippen molar-refractivity contribution in [2.75, 3.05) is 6.54 Å². The molecular weight excluding hydrogens is 257 g/mol. The molecule has 1 aromatic carbocycles. The molecule has 7 heteroatoms. The van der Waals surface area contributed by atoms with Gasteiger partial charge < -0.3 is 5.32 Å². The lowest BCUT2D eigenvalue weighted by Crippen LogP contribution is -2.22. The zero-order chi connectivity index (χ0) is 13.9. The third-order valence-electron chi connectivity index (χ3n) is 2.71. The predicted octanol–water partition coefficient (Wildman–Crippen LogP) is 2.52. The average molecular weight is 270 g/mol. The van der Waals surface area contributed by atoms with E-state index < -0.39 is 11.7 Å². The Bertz CT molecular complexity index is 505. The molecule has 0 fully saturated rings. The molecule has 0 saturated heterocycles. The van der Waals surface area contributed by atoms with Gasteiger partial charge in [0.15, 0.2) is 0 Å². The maximum Gasteiger partial charge on any atom is 0.416 e. The van der Waals surface area contributed by atoms with Crippen LogP contribution >= 0.6 is 0 Å². The maximum absolute atomic E-state index is 12.5. The molecule has 0 aliphatic rings. The van der Waals surface area contributed by atoms with E-state index >= 15 is 0 Å². The van der Waals surface area contributed by atoms with Crippen LogP contribution in [-0.4, -0.2) is 22.0 Å². The molecule has 0 amide bonds. The van der Waals surface area contributed by atoms with E-state index in [-0.39, 0.29) is 6.04 Å². The van der Waals surface area contributed by atoms with Gasteiger partial charge in [-0.1, -0.05) is 19.1 Å². The van der Waals surface area contributed by atoms with Crippen molar-refractivity contribution in [2.24, 2.45) is 0 Å². The summed E-state index contributed by atoms with van der Waals surface area (Å²) in [7, 11) is 0. The summed E-state index contributed by atoms with van der Waals surface area (Å²) in [5.41, 5.74) is 0.692. The highest BCUT2D eigenvalue weighted by Crippen LogP contribution is 2.30. The molecule has 0 bridgehead atoms. The van der Waals surface area contributed by atoms with Crippen LogP contribution in [0, 0.1) is 0 Å². The number of aromatic amines is 1. The van der Waals surface area contributed by atoms with Gasteiger partial charge in [0.1, 0.15) is 5.69 Å². The molecule has 19 heavy (non-hydrogen) atoms. The first-order valence-electron chi connectivity index (χ1n) is 5.78. The molecule has 2 aromatic rings. The second kappa shape index (κ2) is 5.40. The number of hydrogen-bond acceptors (Lipinski definition) is 3. The summed E-state index contributed by atoms with van der Waals surface area (Å²) in [6, 6.07) is 4.76. The average Bonchev–Trinajstić information content (AvgIpc) is 2.89. The van der Waals surface area contributed by atoms with E-state index in [2.05, 4.69) is 20.7 Å². The van der Waals surface area contributed by atoms with Crippen LogP contribution < -0.4 is 5.32 Å². The zero-order valence-electron chi connectivity index (χ0n) is 10.2. The van der Waals surface area contributed by atoms with Crippen LogP contribution in [0.4, 0.5) is 13.2 Å². The minimum absolute atomic E-state index is 0.272. The van der Waals surface area contributed by atoms with Crippen molar-refractivity contribution in [3.05, 3.63) is 47.3 Å². The fraction of sp³-hybridized carbons (Fsp3) is 0.333. The lowest BCUT2D eigenvalue weighted by molar-refractivity contribution is -0.137. The van der Waals surface area contributed by atoms with Gasteiger partial charge in [0.2, 0.25) is 0 Å². The summed E-state index contributed by atoms with van der Waals surface area (Å²) >= 11 is 0. The van der Waals surface area contributed by atoms with Crippen LogP contribution in [-0.2, 0) is 6.18 Å². The number of rotatable bonds is 4. The number of halogens is 3. The second-order valence-electron chi connectivity index (χ2n) is 4.01. The van der Waals surface area contributed by atoms with Gasteiger partial charge in [0.25, 0.3) is 0 Å². The first kappa shape index (κ1) is 13.5. The van der Waals surface area contributed by atoms with Crippen LogP contribution in [0.3, 0.4) is 0 Å². The Morgan fingerprint density at radius 3 is 2.42 bits per heavy atom. The summed E-state index contributed by atoms with van der Waals surface area (Å²) in [6.07, 6.45) is -2.77. The van der Waals surface area contributed by atoms with Crippen molar-refractivity contribution in [2.45, 2.75) is 19.1 Å². The lowest BCUT2D eigenvalue weighted by atomic mass is 10.0. The third kappa shape index (κ3) is 3.11. The van der Waals surface area contributed by atoms with Crippen molar-refractivity contribution < 1.29 is 13.2 Å². The largest absolute Gasteiger partial charge is 0.416 e. The normalized spacial score (nSPS) is 13.5. The van der Waals surface area contributed by atoms with Gasteiger partial charge in [-0.05, 0) is 24.2 Å². The van der Waals surface area contributed by atoms with Gasteiger partial charge in [-0.2, -0.15) is 28.6 Å². The highest BCUT2D eigenvalue weighted by Gasteiger charge is 2.30. The number of alkyl halides is 3. The topological polar surface area (TPSA) is 53.6 Å².